The number of hydrogen-bond donors (Lipinski definition) is 1. The number of halogens is 1. The molecule has 0 spiro atoms. The van der Waals surface area contributed by atoms with Gasteiger partial charge in [-0.15, -0.1) is 0 Å². The Hall–Kier alpha value is -1.39. The van der Waals surface area contributed by atoms with E-state index in [0.29, 0.717) is 23.2 Å². The van der Waals surface area contributed by atoms with E-state index in [1.807, 2.05) is 18.3 Å². The summed E-state index contributed by atoms with van der Waals surface area (Å²) in [6, 6.07) is 5.71. The topological polar surface area (TPSA) is 56.7 Å². The van der Waals surface area contributed by atoms with Gasteiger partial charge in [0.2, 0.25) is 0 Å². The molecule has 1 aliphatic carbocycles. The normalized spacial score (nSPS) is 15.2. The second-order valence-corrected chi connectivity index (χ2v) is 4.67. The van der Waals surface area contributed by atoms with Crippen LogP contribution in [-0.4, -0.2) is 14.8 Å². The molecule has 0 aromatic carbocycles. The van der Waals surface area contributed by atoms with Crippen molar-refractivity contribution in [2.45, 2.75) is 25.3 Å². The SMILES string of the molecule is NCc1nc(-n2ccc(C3CC3)n2)ccc1Cl. The van der Waals surface area contributed by atoms with Crippen LogP contribution >= 0.6 is 11.6 Å². The van der Waals surface area contributed by atoms with Gasteiger partial charge in [-0.3, -0.25) is 0 Å². The molecule has 4 nitrogen and oxygen atoms in total. The Morgan fingerprint density at radius 2 is 2.18 bits per heavy atom. The van der Waals surface area contributed by atoms with Gasteiger partial charge in [0.25, 0.3) is 0 Å². The zero-order valence-electron chi connectivity index (χ0n) is 9.31. The zero-order chi connectivity index (χ0) is 11.8. The molecule has 1 fully saturated rings. The lowest BCUT2D eigenvalue weighted by Gasteiger charge is -2.04. The van der Waals surface area contributed by atoms with Crippen molar-refractivity contribution in [1.29, 1.82) is 0 Å². The maximum Gasteiger partial charge on any atom is 0.153 e. The van der Waals surface area contributed by atoms with Crippen LogP contribution in [-0.2, 0) is 6.54 Å². The molecular formula is C12H13ClN4. The van der Waals surface area contributed by atoms with Gasteiger partial charge >= 0.3 is 0 Å². The van der Waals surface area contributed by atoms with E-state index < -0.39 is 0 Å². The third kappa shape index (κ3) is 2.06. The van der Waals surface area contributed by atoms with Crippen molar-refractivity contribution >= 4 is 11.6 Å². The van der Waals surface area contributed by atoms with Crippen molar-refractivity contribution in [3.8, 4) is 5.82 Å². The first kappa shape index (κ1) is 10.7. The third-order valence-corrected chi connectivity index (χ3v) is 3.28. The van der Waals surface area contributed by atoms with Crippen LogP contribution in [0.1, 0.15) is 30.1 Å². The number of pyridine rings is 1. The Kier molecular flexibility index (Phi) is 2.61. The number of rotatable bonds is 3. The van der Waals surface area contributed by atoms with Crippen molar-refractivity contribution in [2.24, 2.45) is 5.73 Å². The quantitative estimate of drug-likeness (QED) is 0.907. The average Bonchev–Trinajstić information content (AvgIpc) is 3.08. The van der Waals surface area contributed by atoms with Crippen LogP contribution in [0.4, 0.5) is 0 Å². The van der Waals surface area contributed by atoms with Gasteiger partial charge < -0.3 is 5.73 Å². The van der Waals surface area contributed by atoms with Gasteiger partial charge in [0, 0.05) is 18.7 Å². The molecule has 2 N–H and O–H groups in total. The second-order valence-electron chi connectivity index (χ2n) is 4.26. The van der Waals surface area contributed by atoms with E-state index in [1.165, 1.54) is 12.8 Å². The molecule has 0 amide bonds. The lowest BCUT2D eigenvalue weighted by molar-refractivity contribution is 0.801. The van der Waals surface area contributed by atoms with Gasteiger partial charge in [-0.25, -0.2) is 9.67 Å². The summed E-state index contributed by atoms with van der Waals surface area (Å²) < 4.78 is 1.78. The minimum Gasteiger partial charge on any atom is -0.325 e. The molecule has 0 saturated heterocycles. The van der Waals surface area contributed by atoms with Crippen molar-refractivity contribution < 1.29 is 0 Å². The predicted molar refractivity (Wildman–Crippen MR) is 66.2 cm³/mol. The molecule has 0 aliphatic heterocycles. The van der Waals surface area contributed by atoms with E-state index in [1.54, 1.807) is 4.68 Å². The Balaban J connectivity index is 1.96. The number of nitrogens with two attached hydrogens (primary N) is 1. The van der Waals surface area contributed by atoms with Crippen molar-refractivity contribution in [3.63, 3.8) is 0 Å². The van der Waals surface area contributed by atoms with Gasteiger partial charge in [0.1, 0.15) is 0 Å². The first-order valence-electron chi connectivity index (χ1n) is 5.69. The minimum absolute atomic E-state index is 0.337. The summed E-state index contributed by atoms with van der Waals surface area (Å²) in [5.74, 6) is 1.42. The molecule has 88 valence electrons. The van der Waals surface area contributed by atoms with Gasteiger partial charge in [0.05, 0.1) is 16.4 Å². The van der Waals surface area contributed by atoms with E-state index in [4.69, 9.17) is 17.3 Å². The summed E-state index contributed by atoms with van der Waals surface area (Å²) in [5.41, 5.74) is 7.44. The monoisotopic (exact) mass is 248 g/mol. The minimum atomic E-state index is 0.337. The van der Waals surface area contributed by atoms with Crippen molar-refractivity contribution in [3.05, 3.63) is 40.8 Å². The number of aromatic nitrogens is 3. The molecule has 0 atom stereocenters. The van der Waals surface area contributed by atoms with E-state index in [2.05, 4.69) is 16.1 Å². The first-order valence-corrected chi connectivity index (χ1v) is 6.07. The van der Waals surface area contributed by atoms with E-state index in [-0.39, 0.29) is 0 Å². The van der Waals surface area contributed by atoms with Crippen LogP contribution < -0.4 is 5.73 Å². The standard InChI is InChI=1S/C12H13ClN4/c13-9-3-4-12(15-11(9)7-14)17-6-5-10(16-17)8-1-2-8/h3-6,8H,1-2,7,14H2. The molecule has 1 saturated carbocycles. The Labute approximate surface area is 104 Å². The largest absolute Gasteiger partial charge is 0.325 e. The van der Waals surface area contributed by atoms with Crippen LogP contribution in [0.25, 0.3) is 5.82 Å². The molecule has 2 aromatic rings. The highest BCUT2D eigenvalue weighted by molar-refractivity contribution is 6.31. The molecule has 17 heavy (non-hydrogen) atoms. The molecule has 0 unspecified atom stereocenters. The Morgan fingerprint density at radius 1 is 1.35 bits per heavy atom. The Bertz CT molecular complexity index is 545. The summed E-state index contributed by atoms with van der Waals surface area (Å²) >= 11 is 5.98. The van der Waals surface area contributed by atoms with Crippen LogP contribution in [0, 0.1) is 0 Å². The van der Waals surface area contributed by atoms with E-state index in [0.717, 1.165) is 11.5 Å². The lowest BCUT2D eigenvalue weighted by atomic mass is 10.3. The van der Waals surface area contributed by atoms with Gasteiger partial charge in [-0.05, 0) is 31.0 Å². The van der Waals surface area contributed by atoms with Gasteiger partial charge in [-0.2, -0.15) is 5.10 Å². The summed E-state index contributed by atoms with van der Waals surface area (Å²) in [6.45, 7) is 0.337. The fraction of sp³-hybridized carbons (Fsp3) is 0.333. The van der Waals surface area contributed by atoms with Crippen molar-refractivity contribution in [2.75, 3.05) is 0 Å². The summed E-state index contributed by atoms with van der Waals surface area (Å²) in [6.07, 6.45) is 4.43. The van der Waals surface area contributed by atoms with Crippen LogP contribution in [0.5, 0.6) is 0 Å². The maximum absolute atomic E-state index is 5.98. The van der Waals surface area contributed by atoms with Crippen LogP contribution in [0.15, 0.2) is 24.4 Å². The fourth-order valence-corrected chi connectivity index (χ4v) is 1.99. The van der Waals surface area contributed by atoms with Crippen LogP contribution in [0.3, 0.4) is 0 Å². The molecular weight excluding hydrogens is 236 g/mol. The van der Waals surface area contributed by atoms with Crippen molar-refractivity contribution in [1.82, 2.24) is 14.8 Å². The molecule has 5 heteroatoms. The zero-order valence-corrected chi connectivity index (χ0v) is 10.1. The predicted octanol–water partition coefficient (Wildman–Crippen LogP) is 2.26. The molecule has 3 rings (SSSR count). The summed E-state index contributed by atoms with van der Waals surface area (Å²) in [7, 11) is 0. The van der Waals surface area contributed by atoms with Crippen LogP contribution in [0.2, 0.25) is 5.02 Å². The molecule has 2 heterocycles. The molecule has 2 aromatic heterocycles. The van der Waals surface area contributed by atoms with Gasteiger partial charge in [-0.1, -0.05) is 11.6 Å². The van der Waals surface area contributed by atoms with E-state index in [9.17, 15) is 0 Å². The Morgan fingerprint density at radius 3 is 2.88 bits per heavy atom. The highest BCUT2D eigenvalue weighted by Crippen LogP contribution is 2.38. The van der Waals surface area contributed by atoms with E-state index >= 15 is 0 Å². The summed E-state index contributed by atoms with van der Waals surface area (Å²) in [5, 5.41) is 5.12. The molecule has 0 bridgehead atoms. The second kappa shape index (κ2) is 4.13. The number of nitrogens with zero attached hydrogens (tertiary/aromatic N) is 3. The van der Waals surface area contributed by atoms with Gasteiger partial charge in [0.15, 0.2) is 5.82 Å². The highest BCUT2D eigenvalue weighted by Gasteiger charge is 2.25. The molecule has 0 radical (unpaired) electrons. The smallest absolute Gasteiger partial charge is 0.153 e. The number of hydrogen-bond acceptors (Lipinski definition) is 3. The summed E-state index contributed by atoms with van der Waals surface area (Å²) in [4.78, 5) is 4.40. The molecule has 1 aliphatic rings. The highest BCUT2D eigenvalue weighted by atomic mass is 35.5. The third-order valence-electron chi connectivity index (χ3n) is 2.94. The lowest BCUT2D eigenvalue weighted by Crippen LogP contribution is -2.05. The maximum atomic E-state index is 5.98. The average molecular weight is 249 g/mol. The first-order chi connectivity index (χ1) is 8.28. The fourth-order valence-electron chi connectivity index (χ4n) is 1.81.